The van der Waals surface area contributed by atoms with Gasteiger partial charge in [0, 0.05) is 12.0 Å². The van der Waals surface area contributed by atoms with E-state index in [2.05, 4.69) is 11.9 Å². The van der Waals surface area contributed by atoms with Gasteiger partial charge in [0.1, 0.15) is 0 Å². The maximum Gasteiger partial charge on any atom is 0.310 e. The monoisotopic (exact) mass is 239 g/mol. The molecule has 1 aliphatic carbocycles. The van der Waals surface area contributed by atoms with Crippen molar-refractivity contribution in [3.8, 4) is 0 Å². The van der Waals surface area contributed by atoms with Gasteiger partial charge in [-0.15, -0.1) is 0 Å². The lowest BCUT2D eigenvalue weighted by atomic mass is 9.60. The number of likely N-dealkylation sites (tertiary alicyclic amines) is 1. The summed E-state index contributed by atoms with van der Waals surface area (Å²) in [5.74, 6) is -0.0809. The van der Waals surface area contributed by atoms with E-state index in [0.717, 1.165) is 25.9 Å². The molecule has 4 heteroatoms. The smallest absolute Gasteiger partial charge is 0.310 e. The van der Waals surface area contributed by atoms with Crippen LogP contribution in [0.4, 0.5) is 0 Å². The van der Waals surface area contributed by atoms with Crippen LogP contribution in [0.15, 0.2) is 0 Å². The lowest BCUT2D eigenvalue weighted by molar-refractivity contribution is -0.207. The molecule has 3 rings (SSSR count). The van der Waals surface area contributed by atoms with Gasteiger partial charge in [0.05, 0.1) is 18.6 Å². The van der Waals surface area contributed by atoms with Gasteiger partial charge in [0.2, 0.25) is 0 Å². The molecule has 0 bridgehead atoms. The molecule has 3 fully saturated rings. The standard InChI is InChI=1S/C13H21NO3/c1-14-6-2-3-10(7-14)13(8-17-9-13)12(4-5-12)11(15)16/h10H,2-9H2,1H3,(H,15,16). The fourth-order valence-corrected chi connectivity index (χ4v) is 3.89. The second-order valence-corrected chi connectivity index (χ2v) is 6.14. The Morgan fingerprint density at radius 1 is 1.41 bits per heavy atom. The van der Waals surface area contributed by atoms with Gasteiger partial charge in [0.15, 0.2) is 0 Å². The van der Waals surface area contributed by atoms with Crippen molar-refractivity contribution in [1.29, 1.82) is 0 Å². The van der Waals surface area contributed by atoms with Crippen molar-refractivity contribution in [2.75, 3.05) is 33.4 Å². The van der Waals surface area contributed by atoms with Crippen LogP contribution >= 0.6 is 0 Å². The first-order valence-corrected chi connectivity index (χ1v) is 6.60. The molecule has 2 aliphatic heterocycles. The Labute approximate surface area is 102 Å². The lowest BCUT2D eigenvalue weighted by Gasteiger charge is -2.53. The van der Waals surface area contributed by atoms with E-state index in [1.807, 2.05) is 0 Å². The molecule has 0 radical (unpaired) electrons. The third kappa shape index (κ3) is 1.47. The van der Waals surface area contributed by atoms with Crippen LogP contribution in [0.25, 0.3) is 0 Å². The van der Waals surface area contributed by atoms with Crippen molar-refractivity contribution in [3.05, 3.63) is 0 Å². The Morgan fingerprint density at radius 2 is 2.12 bits per heavy atom. The highest BCUT2D eigenvalue weighted by Crippen LogP contribution is 2.65. The fourth-order valence-electron chi connectivity index (χ4n) is 3.89. The lowest BCUT2D eigenvalue weighted by Crippen LogP contribution is -2.60. The molecule has 1 atom stereocenters. The number of carboxylic acid groups (broad SMARTS) is 1. The minimum absolute atomic E-state index is 0.0620. The van der Waals surface area contributed by atoms with Crippen LogP contribution in [-0.4, -0.2) is 49.3 Å². The molecule has 1 unspecified atom stereocenters. The number of hydrogen-bond donors (Lipinski definition) is 1. The van der Waals surface area contributed by atoms with Crippen LogP contribution in [0.5, 0.6) is 0 Å². The van der Waals surface area contributed by atoms with Gasteiger partial charge in [-0.1, -0.05) is 0 Å². The summed E-state index contributed by atoms with van der Waals surface area (Å²) in [6, 6.07) is 0. The first-order chi connectivity index (χ1) is 8.11. The van der Waals surface area contributed by atoms with E-state index in [0.29, 0.717) is 19.1 Å². The van der Waals surface area contributed by atoms with Crippen LogP contribution in [0.3, 0.4) is 0 Å². The van der Waals surface area contributed by atoms with Crippen molar-refractivity contribution in [2.24, 2.45) is 16.7 Å². The number of piperidine rings is 1. The molecule has 1 saturated carbocycles. The van der Waals surface area contributed by atoms with E-state index in [1.165, 1.54) is 12.8 Å². The van der Waals surface area contributed by atoms with Crippen LogP contribution in [0.1, 0.15) is 25.7 Å². The number of rotatable bonds is 3. The number of nitrogens with zero attached hydrogens (tertiary/aromatic N) is 1. The summed E-state index contributed by atoms with van der Waals surface area (Å²) in [6.45, 7) is 3.52. The maximum atomic E-state index is 11.6. The molecule has 0 aromatic carbocycles. The summed E-state index contributed by atoms with van der Waals surface area (Å²) in [6.07, 6.45) is 4.07. The van der Waals surface area contributed by atoms with Gasteiger partial charge in [-0.3, -0.25) is 4.79 Å². The Bertz CT molecular complexity index is 334. The number of ether oxygens (including phenoxy) is 1. The number of carbonyl (C=O) groups is 1. The topological polar surface area (TPSA) is 49.8 Å². The molecule has 0 spiro atoms. The summed E-state index contributed by atoms with van der Waals surface area (Å²) in [5.41, 5.74) is -0.512. The predicted octanol–water partition coefficient (Wildman–Crippen LogP) is 1.21. The molecular formula is C13H21NO3. The van der Waals surface area contributed by atoms with Gasteiger partial charge < -0.3 is 14.7 Å². The summed E-state index contributed by atoms with van der Waals surface area (Å²) in [4.78, 5) is 13.9. The number of carboxylic acids is 1. The highest BCUT2D eigenvalue weighted by molar-refractivity contribution is 5.79. The van der Waals surface area contributed by atoms with E-state index in [4.69, 9.17) is 4.74 Å². The molecule has 17 heavy (non-hydrogen) atoms. The molecule has 0 aromatic heterocycles. The number of hydrogen-bond acceptors (Lipinski definition) is 3. The van der Waals surface area contributed by atoms with Gasteiger partial charge in [0.25, 0.3) is 0 Å². The van der Waals surface area contributed by atoms with E-state index in [1.54, 1.807) is 0 Å². The predicted molar refractivity (Wildman–Crippen MR) is 62.8 cm³/mol. The van der Waals surface area contributed by atoms with Crippen molar-refractivity contribution in [1.82, 2.24) is 4.90 Å². The van der Waals surface area contributed by atoms with Gasteiger partial charge in [-0.2, -0.15) is 0 Å². The summed E-state index contributed by atoms with van der Waals surface area (Å²) in [7, 11) is 2.14. The molecule has 1 N–H and O–H groups in total. The minimum Gasteiger partial charge on any atom is -0.481 e. The van der Waals surface area contributed by atoms with Gasteiger partial charge >= 0.3 is 5.97 Å². The molecule has 4 nitrogen and oxygen atoms in total. The molecule has 2 saturated heterocycles. The van der Waals surface area contributed by atoms with E-state index < -0.39 is 11.4 Å². The molecule has 96 valence electrons. The van der Waals surface area contributed by atoms with E-state index >= 15 is 0 Å². The second-order valence-electron chi connectivity index (χ2n) is 6.14. The van der Waals surface area contributed by atoms with Crippen molar-refractivity contribution in [3.63, 3.8) is 0 Å². The minimum atomic E-state index is -0.589. The van der Waals surface area contributed by atoms with Gasteiger partial charge in [-0.25, -0.2) is 0 Å². The Balaban J connectivity index is 1.84. The molecule has 3 aliphatic rings. The van der Waals surface area contributed by atoms with Crippen LogP contribution in [0.2, 0.25) is 0 Å². The summed E-state index contributed by atoms with van der Waals surface area (Å²) in [5, 5.41) is 9.53. The van der Waals surface area contributed by atoms with E-state index in [9.17, 15) is 9.90 Å². The normalized spacial score (nSPS) is 35.0. The SMILES string of the molecule is CN1CCCC(C2(C3(C(=O)O)CC3)COC2)C1. The third-order valence-corrected chi connectivity index (χ3v) is 5.24. The van der Waals surface area contributed by atoms with Crippen LogP contribution < -0.4 is 0 Å². The average molecular weight is 239 g/mol. The van der Waals surface area contributed by atoms with Crippen LogP contribution in [-0.2, 0) is 9.53 Å². The van der Waals surface area contributed by atoms with Crippen molar-refractivity contribution >= 4 is 5.97 Å². The molecule has 0 amide bonds. The van der Waals surface area contributed by atoms with Crippen LogP contribution in [0, 0.1) is 16.7 Å². The first kappa shape index (κ1) is 11.5. The summed E-state index contributed by atoms with van der Waals surface area (Å²) >= 11 is 0. The van der Waals surface area contributed by atoms with Gasteiger partial charge in [-0.05, 0) is 45.2 Å². The Hall–Kier alpha value is -0.610. The third-order valence-electron chi connectivity index (χ3n) is 5.24. The fraction of sp³-hybridized carbons (Fsp3) is 0.923. The molecule has 2 heterocycles. The second kappa shape index (κ2) is 3.69. The zero-order valence-electron chi connectivity index (χ0n) is 10.4. The van der Waals surface area contributed by atoms with Crippen molar-refractivity contribution in [2.45, 2.75) is 25.7 Å². The Kier molecular flexibility index (Phi) is 2.49. The average Bonchev–Trinajstić information content (AvgIpc) is 2.98. The quantitative estimate of drug-likeness (QED) is 0.804. The highest BCUT2D eigenvalue weighted by Gasteiger charge is 2.70. The van der Waals surface area contributed by atoms with E-state index in [-0.39, 0.29) is 5.41 Å². The maximum absolute atomic E-state index is 11.6. The zero-order chi connectivity index (χ0) is 12.1. The summed E-state index contributed by atoms with van der Waals surface area (Å²) < 4.78 is 5.42. The molecular weight excluding hydrogens is 218 g/mol. The van der Waals surface area contributed by atoms with Crippen molar-refractivity contribution < 1.29 is 14.6 Å². The first-order valence-electron chi connectivity index (χ1n) is 6.60. The molecule has 0 aromatic rings. The Morgan fingerprint density at radius 3 is 2.53 bits per heavy atom. The zero-order valence-corrected chi connectivity index (χ0v) is 10.4. The largest absolute Gasteiger partial charge is 0.481 e. The highest BCUT2D eigenvalue weighted by atomic mass is 16.5. The number of aliphatic carboxylic acids is 1.